The van der Waals surface area contributed by atoms with E-state index in [2.05, 4.69) is 0 Å². The first-order valence-electron chi connectivity index (χ1n) is 5.42. The molecule has 0 aliphatic carbocycles. The standard InChI is InChI=1S/C13H10ClFN2OS/c14-10-4-3-8(6-11(10)15)7-17-5-1-2-9(12(16)19)13(17)18/h1-6H,7H2,(H2,16,19). The highest BCUT2D eigenvalue weighted by molar-refractivity contribution is 7.80. The summed E-state index contributed by atoms with van der Waals surface area (Å²) >= 11 is 10.4. The molecular formula is C13H10ClFN2OS. The summed E-state index contributed by atoms with van der Waals surface area (Å²) in [6.07, 6.45) is 1.59. The van der Waals surface area contributed by atoms with E-state index in [0.717, 1.165) is 0 Å². The molecule has 0 spiro atoms. The minimum absolute atomic E-state index is 0.0432. The van der Waals surface area contributed by atoms with Crippen molar-refractivity contribution in [3.8, 4) is 0 Å². The second-order valence-corrected chi connectivity index (χ2v) is 4.81. The van der Waals surface area contributed by atoms with Crippen molar-refractivity contribution in [3.05, 3.63) is 68.8 Å². The Balaban J connectivity index is 2.38. The van der Waals surface area contributed by atoms with Gasteiger partial charge in [-0.05, 0) is 29.8 Å². The van der Waals surface area contributed by atoms with E-state index in [0.29, 0.717) is 5.56 Å². The average molecular weight is 297 g/mol. The topological polar surface area (TPSA) is 48.0 Å². The van der Waals surface area contributed by atoms with Gasteiger partial charge in [-0.15, -0.1) is 0 Å². The van der Waals surface area contributed by atoms with E-state index in [-0.39, 0.29) is 27.7 Å². The maximum atomic E-state index is 13.3. The summed E-state index contributed by atoms with van der Waals surface area (Å²) in [4.78, 5) is 12.1. The summed E-state index contributed by atoms with van der Waals surface area (Å²) in [5.41, 5.74) is 6.06. The molecule has 0 unspecified atom stereocenters. The van der Waals surface area contributed by atoms with E-state index >= 15 is 0 Å². The maximum Gasteiger partial charge on any atom is 0.261 e. The van der Waals surface area contributed by atoms with E-state index in [9.17, 15) is 9.18 Å². The Hall–Kier alpha value is -1.72. The molecule has 0 fully saturated rings. The molecule has 0 saturated carbocycles. The predicted molar refractivity (Wildman–Crippen MR) is 77.1 cm³/mol. The Bertz CT molecular complexity index is 699. The molecule has 3 nitrogen and oxygen atoms in total. The first-order chi connectivity index (χ1) is 8.99. The van der Waals surface area contributed by atoms with Crippen molar-refractivity contribution in [1.82, 2.24) is 4.57 Å². The van der Waals surface area contributed by atoms with E-state index in [1.165, 1.54) is 16.7 Å². The zero-order valence-electron chi connectivity index (χ0n) is 9.77. The lowest BCUT2D eigenvalue weighted by atomic mass is 10.2. The van der Waals surface area contributed by atoms with Gasteiger partial charge >= 0.3 is 0 Å². The van der Waals surface area contributed by atoms with Crippen LogP contribution in [0.1, 0.15) is 11.1 Å². The first kappa shape index (κ1) is 13.7. The van der Waals surface area contributed by atoms with Crippen LogP contribution < -0.4 is 11.3 Å². The molecule has 2 aromatic rings. The third-order valence-electron chi connectivity index (χ3n) is 2.62. The van der Waals surface area contributed by atoms with Gasteiger partial charge in [0.25, 0.3) is 5.56 Å². The van der Waals surface area contributed by atoms with Gasteiger partial charge < -0.3 is 10.3 Å². The van der Waals surface area contributed by atoms with Crippen LogP contribution in [-0.2, 0) is 6.54 Å². The summed E-state index contributed by atoms with van der Waals surface area (Å²) in [5, 5.41) is 0.0491. The molecule has 2 N–H and O–H groups in total. The molecule has 0 amide bonds. The zero-order chi connectivity index (χ0) is 14.0. The fraction of sp³-hybridized carbons (Fsp3) is 0.0769. The fourth-order valence-corrected chi connectivity index (χ4v) is 1.96. The van der Waals surface area contributed by atoms with Gasteiger partial charge in [-0.25, -0.2) is 4.39 Å². The van der Waals surface area contributed by atoms with E-state index in [1.54, 1.807) is 24.4 Å². The van der Waals surface area contributed by atoms with Gasteiger partial charge in [0.1, 0.15) is 10.8 Å². The van der Waals surface area contributed by atoms with Crippen LogP contribution in [0.4, 0.5) is 4.39 Å². The lowest BCUT2D eigenvalue weighted by Gasteiger charge is -2.08. The van der Waals surface area contributed by atoms with Crippen LogP contribution in [0, 0.1) is 5.82 Å². The van der Waals surface area contributed by atoms with E-state index in [1.807, 2.05) is 0 Å². The Kier molecular flexibility index (Phi) is 3.97. The molecule has 0 aliphatic rings. The Morgan fingerprint density at radius 2 is 2.16 bits per heavy atom. The number of pyridine rings is 1. The molecule has 1 aromatic heterocycles. The lowest BCUT2D eigenvalue weighted by molar-refractivity contribution is 0.623. The highest BCUT2D eigenvalue weighted by Gasteiger charge is 2.07. The summed E-state index contributed by atoms with van der Waals surface area (Å²) < 4.78 is 14.7. The first-order valence-corrected chi connectivity index (χ1v) is 6.21. The van der Waals surface area contributed by atoms with Crippen LogP contribution in [0.25, 0.3) is 0 Å². The van der Waals surface area contributed by atoms with Crippen molar-refractivity contribution in [2.24, 2.45) is 5.73 Å². The summed E-state index contributed by atoms with van der Waals surface area (Å²) in [7, 11) is 0. The Labute approximate surface area is 119 Å². The Morgan fingerprint density at radius 3 is 2.79 bits per heavy atom. The minimum Gasteiger partial charge on any atom is -0.389 e. The van der Waals surface area contributed by atoms with Crippen molar-refractivity contribution in [1.29, 1.82) is 0 Å². The minimum atomic E-state index is -0.516. The highest BCUT2D eigenvalue weighted by Crippen LogP contribution is 2.15. The average Bonchev–Trinajstić information content (AvgIpc) is 2.36. The summed E-state index contributed by atoms with van der Waals surface area (Å²) in [6.45, 7) is 0.226. The number of halogens is 2. The van der Waals surface area contributed by atoms with Crippen molar-refractivity contribution in [3.63, 3.8) is 0 Å². The molecule has 0 atom stereocenters. The normalized spacial score (nSPS) is 10.4. The summed E-state index contributed by atoms with van der Waals surface area (Å²) in [6, 6.07) is 7.63. The molecule has 6 heteroatoms. The highest BCUT2D eigenvalue weighted by atomic mass is 35.5. The van der Waals surface area contributed by atoms with E-state index < -0.39 is 5.82 Å². The number of nitrogens with zero attached hydrogens (tertiary/aromatic N) is 1. The molecule has 19 heavy (non-hydrogen) atoms. The maximum absolute atomic E-state index is 13.3. The van der Waals surface area contributed by atoms with Crippen LogP contribution in [0.15, 0.2) is 41.3 Å². The number of hydrogen-bond donors (Lipinski definition) is 1. The quantitative estimate of drug-likeness (QED) is 0.884. The third kappa shape index (κ3) is 3.00. The monoisotopic (exact) mass is 296 g/mol. The smallest absolute Gasteiger partial charge is 0.261 e. The molecule has 1 aromatic carbocycles. The molecule has 0 radical (unpaired) electrons. The van der Waals surface area contributed by atoms with Crippen LogP contribution in [0.2, 0.25) is 5.02 Å². The van der Waals surface area contributed by atoms with Crippen molar-refractivity contribution in [2.45, 2.75) is 6.54 Å². The zero-order valence-corrected chi connectivity index (χ0v) is 11.3. The Morgan fingerprint density at radius 1 is 1.42 bits per heavy atom. The van der Waals surface area contributed by atoms with Gasteiger partial charge in [0.05, 0.1) is 17.1 Å². The predicted octanol–water partition coefficient (Wildman–Crippen LogP) is 2.32. The second-order valence-electron chi connectivity index (χ2n) is 3.97. The summed E-state index contributed by atoms with van der Waals surface area (Å²) in [5.74, 6) is -0.516. The number of nitrogens with two attached hydrogens (primary N) is 1. The second kappa shape index (κ2) is 5.50. The lowest BCUT2D eigenvalue weighted by Crippen LogP contribution is -2.28. The van der Waals surface area contributed by atoms with E-state index in [4.69, 9.17) is 29.6 Å². The number of hydrogen-bond acceptors (Lipinski definition) is 2. The van der Waals surface area contributed by atoms with Gasteiger partial charge in [-0.1, -0.05) is 29.9 Å². The number of benzene rings is 1. The van der Waals surface area contributed by atoms with Crippen LogP contribution in [0.3, 0.4) is 0 Å². The van der Waals surface area contributed by atoms with Gasteiger partial charge in [0.2, 0.25) is 0 Å². The molecule has 0 saturated heterocycles. The number of rotatable bonds is 3. The number of aromatic nitrogens is 1. The van der Waals surface area contributed by atoms with Crippen molar-refractivity contribution in [2.75, 3.05) is 0 Å². The van der Waals surface area contributed by atoms with Crippen molar-refractivity contribution < 1.29 is 4.39 Å². The van der Waals surface area contributed by atoms with Gasteiger partial charge in [0.15, 0.2) is 0 Å². The SMILES string of the molecule is NC(=S)c1cccn(Cc2ccc(Cl)c(F)c2)c1=O. The van der Waals surface area contributed by atoms with Gasteiger partial charge in [0, 0.05) is 6.20 Å². The fourth-order valence-electron chi connectivity index (χ4n) is 1.68. The molecule has 1 heterocycles. The molecule has 0 aliphatic heterocycles. The van der Waals surface area contributed by atoms with Crippen LogP contribution >= 0.6 is 23.8 Å². The van der Waals surface area contributed by atoms with Gasteiger partial charge in [-0.3, -0.25) is 4.79 Å². The molecular weight excluding hydrogens is 287 g/mol. The van der Waals surface area contributed by atoms with Crippen LogP contribution in [0.5, 0.6) is 0 Å². The van der Waals surface area contributed by atoms with Crippen molar-refractivity contribution >= 4 is 28.8 Å². The largest absolute Gasteiger partial charge is 0.389 e. The van der Waals surface area contributed by atoms with Crippen LogP contribution in [-0.4, -0.2) is 9.56 Å². The van der Waals surface area contributed by atoms with Gasteiger partial charge in [-0.2, -0.15) is 0 Å². The molecule has 98 valence electrons. The molecule has 0 bridgehead atoms. The molecule has 2 rings (SSSR count). The number of thiocarbonyl (C=S) groups is 1. The third-order valence-corrected chi connectivity index (χ3v) is 3.15.